The molecule has 1 amide bonds. The van der Waals surface area contributed by atoms with Crippen molar-refractivity contribution in [3.8, 4) is 0 Å². The summed E-state index contributed by atoms with van der Waals surface area (Å²) in [5.41, 5.74) is 0.132. The van der Waals surface area contributed by atoms with Crippen LogP contribution in [0.1, 0.15) is 32.1 Å². The number of carbonyl (C=O) groups excluding carboxylic acids is 1. The summed E-state index contributed by atoms with van der Waals surface area (Å²) in [5, 5.41) is 15.5. The number of likely N-dealkylation sites (N-methyl/N-ethyl adjacent to an activating group) is 1. The fourth-order valence-corrected chi connectivity index (χ4v) is 3.11. The Kier molecular flexibility index (Phi) is 8.36. The highest BCUT2D eigenvalue weighted by Gasteiger charge is 2.37. The Morgan fingerprint density at radius 2 is 1.95 bits per heavy atom. The molecule has 0 radical (unpaired) electrons. The second-order valence-electron chi connectivity index (χ2n) is 5.89. The minimum atomic E-state index is -0.380. The van der Waals surface area contributed by atoms with Gasteiger partial charge >= 0.3 is 0 Å². The average molecular weight is 328 g/mol. The molecule has 2 aliphatic rings. The van der Waals surface area contributed by atoms with E-state index in [0.29, 0.717) is 19.5 Å². The number of β-amino-alcohol motifs (C(OH)–C–C–N with tert-alkyl or cyclic N) is 1. The van der Waals surface area contributed by atoms with Gasteiger partial charge in [-0.05, 0) is 33.4 Å². The summed E-state index contributed by atoms with van der Waals surface area (Å²) in [6, 6.07) is -0.222. The van der Waals surface area contributed by atoms with Gasteiger partial charge in [0.05, 0.1) is 12.1 Å². The second-order valence-corrected chi connectivity index (χ2v) is 5.89. The van der Waals surface area contributed by atoms with E-state index in [1.54, 1.807) is 0 Å². The topological polar surface area (TPSA) is 64.6 Å². The van der Waals surface area contributed by atoms with Crippen LogP contribution in [0.4, 0.5) is 0 Å². The normalized spacial score (nSPS) is 27.8. The number of nitrogens with zero attached hydrogens (tertiary/aromatic N) is 1. The van der Waals surface area contributed by atoms with Gasteiger partial charge in [0.1, 0.15) is 0 Å². The summed E-state index contributed by atoms with van der Waals surface area (Å²) in [5.74, 6) is 0.0275. The van der Waals surface area contributed by atoms with Gasteiger partial charge in [0.25, 0.3) is 0 Å². The fraction of sp³-hybridized carbons (Fsp3) is 0.923. The minimum absolute atomic E-state index is 0. The molecule has 2 atom stereocenters. The molecule has 1 heterocycles. The van der Waals surface area contributed by atoms with Crippen LogP contribution in [0.3, 0.4) is 0 Å². The van der Waals surface area contributed by atoms with Crippen LogP contribution < -0.4 is 10.6 Å². The predicted octanol–water partition coefficient (Wildman–Crippen LogP) is 0.543. The summed E-state index contributed by atoms with van der Waals surface area (Å²) in [7, 11) is 4.18. The van der Waals surface area contributed by atoms with Gasteiger partial charge in [-0.2, -0.15) is 0 Å². The molecule has 1 saturated carbocycles. The van der Waals surface area contributed by atoms with Crippen molar-refractivity contribution >= 4 is 30.7 Å². The Bertz CT molecular complexity index is 310. The smallest absolute Gasteiger partial charge is 0.237 e. The van der Waals surface area contributed by atoms with Crippen LogP contribution in [0.2, 0.25) is 0 Å². The highest BCUT2D eigenvalue weighted by Crippen LogP contribution is 2.33. The molecule has 1 saturated heterocycles. The van der Waals surface area contributed by atoms with E-state index in [-0.39, 0.29) is 48.4 Å². The zero-order valence-corrected chi connectivity index (χ0v) is 13.9. The van der Waals surface area contributed by atoms with E-state index < -0.39 is 0 Å². The zero-order valence-electron chi connectivity index (χ0n) is 12.2. The molecular formula is C13H27Cl2N3O2. The highest BCUT2D eigenvalue weighted by atomic mass is 35.5. The molecule has 3 N–H and O–H groups in total. The first-order valence-corrected chi connectivity index (χ1v) is 6.90. The van der Waals surface area contributed by atoms with Crippen molar-refractivity contribution < 1.29 is 9.90 Å². The molecule has 0 aromatic rings. The first kappa shape index (κ1) is 19.9. The van der Waals surface area contributed by atoms with Crippen molar-refractivity contribution in [2.75, 3.05) is 27.2 Å². The third-order valence-corrected chi connectivity index (χ3v) is 4.50. The van der Waals surface area contributed by atoms with E-state index in [2.05, 4.69) is 29.6 Å². The molecular weight excluding hydrogens is 301 g/mol. The summed E-state index contributed by atoms with van der Waals surface area (Å²) < 4.78 is 0. The summed E-state index contributed by atoms with van der Waals surface area (Å²) in [6.45, 7) is 1.24. The SMILES string of the molecule is CN(C)C1(CNC(=O)C2CC(O)CN2)CCCC1.Cl.Cl. The van der Waals surface area contributed by atoms with E-state index in [4.69, 9.17) is 0 Å². The van der Waals surface area contributed by atoms with Gasteiger partial charge in [-0.15, -0.1) is 24.8 Å². The zero-order chi connectivity index (χ0) is 13.2. The second kappa shape index (κ2) is 8.39. The van der Waals surface area contributed by atoms with Crippen LogP contribution in [-0.2, 0) is 4.79 Å². The van der Waals surface area contributed by atoms with Crippen molar-refractivity contribution in [1.82, 2.24) is 15.5 Å². The molecule has 5 nitrogen and oxygen atoms in total. The quantitative estimate of drug-likeness (QED) is 0.705. The first-order chi connectivity index (χ1) is 8.53. The molecule has 2 unspecified atom stereocenters. The van der Waals surface area contributed by atoms with E-state index in [1.807, 2.05) is 0 Å². The van der Waals surface area contributed by atoms with Crippen LogP contribution in [0.25, 0.3) is 0 Å². The van der Waals surface area contributed by atoms with Gasteiger partial charge in [0.15, 0.2) is 0 Å². The Balaban J connectivity index is 0.00000180. The maximum Gasteiger partial charge on any atom is 0.237 e. The highest BCUT2D eigenvalue weighted by molar-refractivity contribution is 5.85. The lowest BCUT2D eigenvalue weighted by molar-refractivity contribution is -0.123. The summed E-state index contributed by atoms with van der Waals surface area (Å²) in [6.07, 6.45) is 4.95. The Morgan fingerprint density at radius 1 is 1.35 bits per heavy atom. The van der Waals surface area contributed by atoms with Gasteiger partial charge in [-0.3, -0.25) is 4.79 Å². The monoisotopic (exact) mass is 327 g/mol. The van der Waals surface area contributed by atoms with E-state index in [1.165, 1.54) is 12.8 Å². The molecule has 1 aliphatic carbocycles. The molecule has 0 aromatic heterocycles. The molecule has 120 valence electrons. The molecule has 0 bridgehead atoms. The molecule has 20 heavy (non-hydrogen) atoms. The number of nitrogens with one attached hydrogen (secondary N) is 2. The number of halogens is 2. The lowest BCUT2D eigenvalue weighted by Gasteiger charge is -2.36. The number of hydrogen-bond acceptors (Lipinski definition) is 4. The fourth-order valence-electron chi connectivity index (χ4n) is 3.11. The minimum Gasteiger partial charge on any atom is -0.392 e. The number of aliphatic hydroxyl groups excluding tert-OH is 1. The molecule has 2 fully saturated rings. The van der Waals surface area contributed by atoms with Crippen molar-refractivity contribution in [2.45, 2.75) is 49.8 Å². The first-order valence-electron chi connectivity index (χ1n) is 6.90. The Hall–Kier alpha value is -0.0700. The summed E-state index contributed by atoms with van der Waals surface area (Å²) in [4.78, 5) is 14.3. The predicted molar refractivity (Wildman–Crippen MR) is 84.8 cm³/mol. The van der Waals surface area contributed by atoms with E-state index in [9.17, 15) is 9.90 Å². The average Bonchev–Trinajstić information content (AvgIpc) is 2.95. The largest absolute Gasteiger partial charge is 0.392 e. The van der Waals surface area contributed by atoms with Crippen molar-refractivity contribution in [3.63, 3.8) is 0 Å². The lowest BCUT2D eigenvalue weighted by atomic mass is 9.96. The number of carbonyl (C=O) groups is 1. The molecule has 0 aromatic carbocycles. The van der Waals surface area contributed by atoms with Crippen LogP contribution in [0, 0.1) is 0 Å². The van der Waals surface area contributed by atoms with E-state index in [0.717, 1.165) is 12.8 Å². The van der Waals surface area contributed by atoms with Crippen molar-refractivity contribution in [1.29, 1.82) is 0 Å². The van der Waals surface area contributed by atoms with Crippen LogP contribution in [0.15, 0.2) is 0 Å². The van der Waals surface area contributed by atoms with Gasteiger partial charge in [0.2, 0.25) is 5.91 Å². The maximum atomic E-state index is 12.0. The lowest BCUT2D eigenvalue weighted by Crippen LogP contribution is -2.53. The third kappa shape index (κ3) is 4.46. The molecule has 0 spiro atoms. The standard InChI is InChI=1S/C13H25N3O2.2ClH/c1-16(2)13(5-3-4-6-13)9-15-12(18)11-7-10(17)8-14-11;;/h10-11,14,17H,3-9H2,1-2H3,(H,15,18);2*1H. The Labute approximate surface area is 133 Å². The van der Waals surface area contributed by atoms with Gasteiger partial charge in [-0.25, -0.2) is 0 Å². The maximum absolute atomic E-state index is 12.0. The van der Waals surface area contributed by atoms with Gasteiger partial charge < -0.3 is 20.6 Å². The third-order valence-electron chi connectivity index (χ3n) is 4.50. The van der Waals surface area contributed by atoms with Crippen molar-refractivity contribution in [3.05, 3.63) is 0 Å². The van der Waals surface area contributed by atoms with Crippen LogP contribution in [-0.4, -0.2) is 60.8 Å². The number of hydrogen-bond donors (Lipinski definition) is 3. The number of amides is 1. The summed E-state index contributed by atoms with van der Waals surface area (Å²) >= 11 is 0. The number of aliphatic hydroxyl groups is 1. The Morgan fingerprint density at radius 3 is 2.40 bits per heavy atom. The van der Waals surface area contributed by atoms with Crippen LogP contribution >= 0.6 is 24.8 Å². The van der Waals surface area contributed by atoms with Gasteiger partial charge in [0, 0.05) is 18.6 Å². The molecule has 7 heteroatoms. The molecule has 1 aliphatic heterocycles. The van der Waals surface area contributed by atoms with Crippen LogP contribution in [0.5, 0.6) is 0 Å². The van der Waals surface area contributed by atoms with E-state index >= 15 is 0 Å². The number of rotatable bonds is 4. The van der Waals surface area contributed by atoms with Crippen molar-refractivity contribution in [2.24, 2.45) is 0 Å². The van der Waals surface area contributed by atoms with Gasteiger partial charge in [-0.1, -0.05) is 12.8 Å². The molecule has 2 rings (SSSR count).